The monoisotopic (exact) mass is 503 g/mol. The molecule has 37 heavy (non-hydrogen) atoms. The molecule has 0 unspecified atom stereocenters. The van der Waals surface area contributed by atoms with Gasteiger partial charge in [-0.3, -0.25) is 24.8 Å². The van der Waals surface area contributed by atoms with Crippen LogP contribution in [0.4, 0.5) is 0 Å². The first kappa shape index (κ1) is 25.5. The zero-order valence-electron chi connectivity index (χ0n) is 22.1. The average Bonchev–Trinajstić information content (AvgIpc) is 3.65. The van der Waals surface area contributed by atoms with Gasteiger partial charge in [0.2, 0.25) is 0 Å². The number of carboxylic acid groups (broad SMARTS) is 1. The van der Waals surface area contributed by atoms with Crippen molar-refractivity contribution >= 4 is 17.6 Å². The number of hydrogen-bond acceptors (Lipinski definition) is 6. The summed E-state index contributed by atoms with van der Waals surface area (Å²) in [6, 6.07) is 10.3. The quantitative estimate of drug-likeness (QED) is 0.532. The van der Waals surface area contributed by atoms with E-state index in [0.717, 1.165) is 60.8 Å². The molecule has 8 nitrogen and oxygen atoms in total. The van der Waals surface area contributed by atoms with E-state index in [-0.39, 0.29) is 24.3 Å². The average molecular weight is 504 g/mol. The number of carbonyl (C=O) groups excluding carboxylic acids is 1. The first-order chi connectivity index (χ1) is 17.6. The van der Waals surface area contributed by atoms with Crippen LogP contribution in [0, 0.1) is 5.41 Å². The number of carboxylic acids is 1. The number of ketones is 1. The van der Waals surface area contributed by atoms with E-state index in [0.29, 0.717) is 23.9 Å². The van der Waals surface area contributed by atoms with E-state index in [1.165, 1.54) is 12.8 Å². The van der Waals surface area contributed by atoms with Crippen LogP contribution >= 0.6 is 0 Å². The van der Waals surface area contributed by atoms with Gasteiger partial charge in [0, 0.05) is 62.0 Å². The Bertz CT molecular complexity index is 1220. The van der Waals surface area contributed by atoms with Crippen molar-refractivity contribution in [2.75, 3.05) is 39.3 Å². The molecular formula is C29H37N5O3. The van der Waals surface area contributed by atoms with Crippen molar-refractivity contribution in [3.05, 3.63) is 64.0 Å². The first-order valence-corrected chi connectivity index (χ1v) is 13.2. The van der Waals surface area contributed by atoms with Crippen molar-refractivity contribution in [2.45, 2.75) is 58.0 Å². The number of aliphatic carboxylic acids is 1. The lowest BCUT2D eigenvalue weighted by molar-refractivity contribution is -0.138. The second-order valence-corrected chi connectivity index (χ2v) is 11.8. The highest BCUT2D eigenvalue weighted by atomic mass is 16.4. The lowest BCUT2D eigenvalue weighted by atomic mass is 9.84. The van der Waals surface area contributed by atoms with Gasteiger partial charge >= 0.3 is 5.97 Å². The number of benzene rings is 1. The van der Waals surface area contributed by atoms with Crippen LogP contribution in [0.2, 0.25) is 0 Å². The van der Waals surface area contributed by atoms with E-state index in [1.807, 2.05) is 21.9 Å². The number of nitrogens with one attached hydrogen (secondary N) is 1. The van der Waals surface area contributed by atoms with E-state index >= 15 is 0 Å². The predicted molar refractivity (Wildman–Crippen MR) is 142 cm³/mol. The largest absolute Gasteiger partial charge is 0.480 e. The number of carbonyl (C=O) groups is 2. The molecule has 8 heteroatoms. The summed E-state index contributed by atoms with van der Waals surface area (Å²) in [4.78, 5) is 35.4. The Kier molecular flexibility index (Phi) is 6.89. The number of amidine groups is 1. The predicted octanol–water partition coefficient (Wildman–Crippen LogP) is 3.48. The fraction of sp³-hybridized carbons (Fsp3) is 0.517. The normalized spacial score (nSPS) is 18.8. The Morgan fingerprint density at radius 2 is 1.73 bits per heavy atom. The standard InChI is InChI=1S/C29H37N5O3/c1-29(2,3)23-13-19(15-32-8-10-33(11-9-32)18-26(36)37)12-22(14-23)25(35)17-34-16-21-6-7-24(20-4-5-20)31-27(21)28(34)30/h6-7,12-14,20,30H,4-5,8-11,15-18H2,1-3H3,(H,36,37). The molecule has 1 aromatic heterocycles. The van der Waals surface area contributed by atoms with Gasteiger partial charge in [0.1, 0.15) is 11.5 Å². The van der Waals surface area contributed by atoms with Gasteiger partial charge in [-0.25, -0.2) is 4.98 Å². The van der Waals surface area contributed by atoms with Crippen molar-refractivity contribution in [1.29, 1.82) is 5.41 Å². The highest BCUT2D eigenvalue weighted by Gasteiger charge is 2.31. The molecule has 0 bridgehead atoms. The number of fused-ring (bicyclic) bond motifs is 1. The van der Waals surface area contributed by atoms with Crippen molar-refractivity contribution in [1.82, 2.24) is 19.7 Å². The van der Waals surface area contributed by atoms with Crippen molar-refractivity contribution in [3.63, 3.8) is 0 Å². The lowest BCUT2D eigenvalue weighted by Crippen LogP contribution is -2.47. The molecule has 1 saturated carbocycles. The summed E-state index contributed by atoms with van der Waals surface area (Å²) in [5.74, 6) is 0.103. The van der Waals surface area contributed by atoms with Crippen molar-refractivity contribution in [2.24, 2.45) is 0 Å². The molecule has 1 aromatic carbocycles. The lowest BCUT2D eigenvalue weighted by Gasteiger charge is -2.34. The van der Waals surface area contributed by atoms with Crippen LogP contribution in [0.15, 0.2) is 30.3 Å². The molecule has 0 atom stereocenters. The number of hydrogen-bond donors (Lipinski definition) is 2. The third kappa shape index (κ3) is 5.91. The van der Waals surface area contributed by atoms with Crippen LogP contribution in [-0.2, 0) is 23.3 Å². The molecule has 196 valence electrons. The zero-order chi connectivity index (χ0) is 26.3. The van der Waals surface area contributed by atoms with Crippen LogP contribution in [0.25, 0.3) is 0 Å². The molecule has 1 saturated heterocycles. The molecule has 5 rings (SSSR count). The third-order valence-corrected chi connectivity index (χ3v) is 7.64. The van der Waals surface area contributed by atoms with E-state index in [2.05, 4.69) is 43.9 Å². The van der Waals surface area contributed by atoms with E-state index in [4.69, 9.17) is 15.5 Å². The topological polar surface area (TPSA) is 101 Å². The molecular weight excluding hydrogens is 466 g/mol. The summed E-state index contributed by atoms with van der Waals surface area (Å²) in [7, 11) is 0. The molecule has 3 aliphatic rings. The fourth-order valence-corrected chi connectivity index (χ4v) is 5.21. The van der Waals surface area contributed by atoms with Gasteiger partial charge in [-0.05, 0) is 47.6 Å². The number of piperazine rings is 1. The highest BCUT2D eigenvalue weighted by Crippen LogP contribution is 2.39. The summed E-state index contributed by atoms with van der Waals surface area (Å²) in [6.07, 6.45) is 2.34. The number of nitrogens with zero attached hydrogens (tertiary/aromatic N) is 4. The maximum atomic E-state index is 13.5. The van der Waals surface area contributed by atoms with Gasteiger partial charge in [-0.2, -0.15) is 0 Å². The zero-order valence-corrected chi connectivity index (χ0v) is 22.1. The second kappa shape index (κ2) is 9.99. The molecule has 3 heterocycles. The molecule has 0 spiro atoms. The summed E-state index contributed by atoms with van der Waals surface area (Å²) in [5.41, 5.74) is 5.61. The van der Waals surface area contributed by atoms with Crippen LogP contribution in [0.5, 0.6) is 0 Å². The minimum Gasteiger partial charge on any atom is -0.480 e. The Hall–Kier alpha value is -3.10. The van der Waals surface area contributed by atoms with Crippen LogP contribution in [-0.4, -0.2) is 81.6 Å². The molecule has 2 aliphatic heterocycles. The number of aromatic nitrogens is 1. The first-order valence-electron chi connectivity index (χ1n) is 13.2. The molecule has 0 radical (unpaired) electrons. The Morgan fingerprint density at radius 3 is 2.38 bits per heavy atom. The summed E-state index contributed by atoms with van der Waals surface area (Å²) in [6.45, 7) is 11.0. The van der Waals surface area contributed by atoms with Crippen LogP contribution in [0.3, 0.4) is 0 Å². The Labute approximate surface area is 218 Å². The molecule has 2 N–H and O–H groups in total. The Balaban J connectivity index is 1.29. The maximum Gasteiger partial charge on any atom is 0.317 e. The van der Waals surface area contributed by atoms with E-state index < -0.39 is 5.97 Å². The second-order valence-electron chi connectivity index (χ2n) is 11.8. The molecule has 1 aliphatic carbocycles. The number of pyridine rings is 1. The number of rotatable bonds is 8. The van der Waals surface area contributed by atoms with E-state index in [9.17, 15) is 9.59 Å². The molecule has 2 fully saturated rings. The Morgan fingerprint density at radius 1 is 1.03 bits per heavy atom. The maximum absolute atomic E-state index is 13.5. The summed E-state index contributed by atoms with van der Waals surface area (Å²) < 4.78 is 0. The number of Topliss-reactive ketones (excluding diaryl/α,β-unsaturated/α-hetero) is 1. The third-order valence-electron chi connectivity index (χ3n) is 7.64. The van der Waals surface area contributed by atoms with Gasteiger partial charge < -0.3 is 10.0 Å². The van der Waals surface area contributed by atoms with Gasteiger partial charge in [0.05, 0.1) is 13.1 Å². The van der Waals surface area contributed by atoms with Crippen LogP contribution in [0.1, 0.15) is 78.0 Å². The summed E-state index contributed by atoms with van der Waals surface area (Å²) in [5, 5.41) is 17.7. The van der Waals surface area contributed by atoms with Gasteiger partial charge in [-0.1, -0.05) is 32.9 Å². The van der Waals surface area contributed by atoms with Crippen molar-refractivity contribution in [3.8, 4) is 0 Å². The van der Waals surface area contributed by atoms with Gasteiger partial charge in [0.25, 0.3) is 0 Å². The smallest absolute Gasteiger partial charge is 0.317 e. The minimum atomic E-state index is -0.789. The fourth-order valence-electron chi connectivity index (χ4n) is 5.21. The van der Waals surface area contributed by atoms with Crippen LogP contribution < -0.4 is 0 Å². The molecule has 0 amide bonds. The van der Waals surface area contributed by atoms with Gasteiger partial charge in [-0.15, -0.1) is 0 Å². The molecule has 2 aromatic rings. The SMILES string of the molecule is CC(C)(C)c1cc(CN2CCN(CC(=O)O)CC2)cc(C(=O)CN2Cc3ccc(C4CC4)nc3C2=N)c1. The summed E-state index contributed by atoms with van der Waals surface area (Å²) >= 11 is 0. The minimum absolute atomic E-state index is 0.0126. The van der Waals surface area contributed by atoms with E-state index in [1.54, 1.807) is 0 Å². The van der Waals surface area contributed by atoms with Gasteiger partial charge in [0.15, 0.2) is 5.78 Å². The highest BCUT2D eigenvalue weighted by molar-refractivity contribution is 6.04. The van der Waals surface area contributed by atoms with Crippen molar-refractivity contribution < 1.29 is 14.7 Å².